The Labute approximate surface area is 139 Å². The predicted octanol–water partition coefficient (Wildman–Crippen LogP) is 1.52. The second-order valence-electron chi connectivity index (χ2n) is 6.38. The fourth-order valence-corrected chi connectivity index (χ4v) is 4.00. The highest BCUT2D eigenvalue weighted by Gasteiger charge is 2.47. The van der Waals surface area contributed by atoms with Crippen molar-refractivity contribution in [3.05, 3.63) is 59.7 Å². The molecule has 4 rings (SSSR count). The van der Waals surface area contributed by atoms with Crippen LogP contribution in [-0.2, 0) is 4.79 Å². The van der Waals surface area contributed by atoms with E-state index in [1.807, 2.05) is 17.0 Å². The number of nitrogens with one attached hydrogen (secondary N) is 1. The second-order valence-corrected chi connectivity index (χ2v) is 6.38. The van der Waals surface area contributed by atoms with Gasteiger partial charge in [0.05, 0.1) is 12.2 Å². The number of likely N-dealkylation sites (tertiary alicyclic amines) is 1. The van der Waals surface area contributed by atoms with Crippen LogP contribution in [0.5, 0.6) is 0 Å². The van der Waals surface area contributed by atoms with E-state index in [1.165, 1.54) is 30.4 Å². The lowest BCUT2D eigenvalue weighted by Gasteiger charge is -2.22. The minimum atomic E-state index is -0.100. The Morgan fingerprint density at radius 3 is 2.67 bits per heavy atom. The molecule has 2 aromatic rings. The summed E-state index contributed by atoms with van der Waals surface area (Å²) in [6, 6.07) is 8.15. The number of carbonyl (C=O) groups is 2. The fourth-order valence-electron chi connectivity index (χ4n) is 4.00. The van der Waals surface area contributed by atoms with Crippen molar-refractivity contribution >= 4 is 11.8 Å². The van der Waals surface area contributed by atoms with E-state index in [1.54, 1.807) is 6.20 Å². The minimum Gasteiger partial charge on any atom is -0.349 e. The lowest BCUT2D eigenvalue weighted by Crippen LogP contribution is -2.34. The summed E-state index contributed by atoms with van der Waals surface area (Å²) in [4.78, 5) is 34.2. The molecule has 2 heterocycles. The van der Waals surface area contributed by atoms with E-state index in [0.29, 0.717) is 18.8 Å². The third-order valence-corrected chi connectivity index (χ3v) is 4.95. The molecular weight excluding hydrogens is 304 g/mol. The Hall–Kier alpha value is -2.76. The van der Waals surface area contributed by atoms with Gasteiger partial charge in [-0.3, -0.25) is 14.6 Å². The largest absolute Gasteiger partial charge is 0.349 e. The molecule has 3 atom stereocenters. The van der Waals surface area contributed by atoms with Crippen molar-refractivity contribution in [2.45, 2.75) is 18.9 Å². The lowest BCUT2D eigenvalue weighted by atomic mass is 9.94. The monoisotopic (exact) mass is 322 g/mol. The smallest absolute Gasteiger partial charge is 0.274 e. The second kappa shape index (κ2) is 5.70. The van der Waals surface area contributed by atoms with Crippen molar-refractivity contribution in [2.24, 2.45) is 5.92 Å². The third kappa shape index (κ3) is 2.35. The molecular formula is C18H18N4O2. The van der Waals surface area contributed by atoms with Gasteiger partial charge in [0.2, 0.25) is 5.91 Å². The number of rotatable bonds is 2. The summed E-state index contributed by atoms with van der Waals surface area (Å²) in [5, 5.41) is 3.06. The van der Waals surface area contributed by atoms with Crippen molar-refractivity contribution in [3.63, 3.8) is 0 Å². The summed E-state index contributed by atoms with van der Waals surface area (Å²) in [7, 11) is 0. The van der Waals surface area contributed by atoms with Gasteiger partial charge in [0.25, 0.3) is 5.91 Å². The SMILES string of the molecule is CC(=O)N[C@H]1c2ccccc2[C@H]2CN(C(=O)c3cnccn3)C[C@H]21. The highest BCUT2D eigenvalue weighted by atomic mass is 16.2. The molecule has 0 spiro atoms. The number of hydrogen-bond acceptors (Lipinski definition) is 4. The zero-order valence-corrected chi connectivity index (χ0v) is 13.3. The first-order chi connectivity index (χ1) is 11.6. The summed E-state index contributed by atoms with van der Waals surface area (Å²) in [6.07, 6.45) is 4.58. The molecule has 2 amide bonds. The molecule has 1 saturated heterocycles. The molecule has 1 aromatic carbocycles. The van der Waals surface area contributed by atoms with Gasteiger partial charge in [0.1, 0.15) is 5.69 Å². The fraction of sp³-hybridized carbons (Fsp3) is 0.333. The van der Waals surface area contributed by atoms with Crippen molar-refractivity contribution in [1.82, 2.24) is 20.2 Å². The van der Waals surface area contributed by atoms with Gasteiger partial charge in [0.15, 0.2) is 0 Å². The Kier molecular flexibility index (Phi) is 3.52. The van der Waals surface area contributed by atoms with Gasteiger partial charge >= 0.3 is 0 Å². The maximum Gasteiger partial charge on any atom is 0.274 e. The summed E-state index contributed by atoms with van der Waals surface area (Å²) >= 11 is 0. The molecule has 1 N–H and O–H groups in total. The molecule has 0 radical (unpaired) electrons. The summed E-state index contributed by atoms with van der Waals surface area (Å²) < 4.78 is 0. The molecule has 6 heteroatoms. The van der Waals surface area contributed by atoms with Gasteiger partial charge in [0, 0.05) is 44.2 Å². The lowest BCUT2D eigenvalue weighted by molar-refractivity contribution is -0.120. The van der Waals surface area contributed by atoms with Crippen molar-refractivity contribution in [2.75, 3.05) is 13.1 Å². The van der Waals surface area contributed by atoms with Crippen LogP contribution in [-0.4, -0.2) is 39.8 Å². The maximum absolute atomic E-state index is 12.7. The average molecular weight is 322 g/mol. The summed E-state index contributed by atoms with van der Waals surface area (Å²) in [5.41, 5.74) is 2.77. The minimum absolute atomic E-state index is 0.0386. The molecule has 2 aliphatic rings. The van der Waals surface area contributed by atoms with Crippen molar-refractivity contribution in [1.29, 1.82) is 0 Å². The number of carbonyl (C=O) groups excluding carboxylic acids is 2. The molecule has 1 aromatic heterocycles. The molecule has 0 saturated carbocycles. The quantitative estimate of drug-likeness (QED) is 0.910. The first kappa shape index (κ1) is 14.8. The van der Waals surface area contributed by atoms with Gasteiger partial charge in [-0.1, -0.05) is 24.3 Å². The topological polar surface area (TPSA) is 75.2 Å². The Morgan fingerprint density at radius 2 is 1.96 bits per heavy atom. The molecule has 1 aliphatic carbocycles. The van der Waals surface area contributed by atoms with E-state index in [0.717, 1.165) is 0 Å². The van der Waals surface area contributed by atoms with Crippen LogP contribution in [0.4, 0.5) is 0 Å². The first-order valence-electron chi connectivity index (χ1n) is 8.06. The predicted molar refractivity (Wildman–Crippen MR) is 87.2 cm³/mol. The highest BCUT2D eigenvalue weighted by molar-refractivity contribution is 5.92. The first-order valence-corrected chi connectivity index (χ1v) is 8.06. The Morgan fingerprint density at radius 1 is 1.17 bits per heavy atom. The van der Waals surface area contributed by atoms with Crippen molar-refractivity contribution < 1.29 is 9.59 Å². The molecule has 1 fully saturated rings. The molecule has 0 bridgehead atoms. The number of nitrogens with zero attached hydrogens (tertiary/aromatic N) is 3. The zero-order valence-electron chi connectivity index (χ0n) is 13.3. The normalized spacial score (nSPS) is 24.4. The Bertz CT molecular complexity index is 793. The van der Waals surface area contributed by atoms with E-state index in [4.69, 9.17) is 0 Å². The molecule has 1 aliphatic heterocycles. The van der Waals surface area contributed by atoms with Crippen molar-refractivity contribution in [3.8, 4) is 0 Å². The standard InChI is InChI=1S/C18H18N4O2/c1-11(23)21-17-13-5-3-2-4-12(13)14-9-22(10-15(14)17)18(24)16-8-19-6-7-20-16/h2-8,14-15,17H,9-10H2,1H3,(H,21,23)/t14-,15-,17+/m1/s1. The average Bonchev–Trinajstić information content (AvgIpc) is 3.14. The van der Waals surface area contributed by atoms with Crippen LogP contribution in [0.15, 0.2) is 42.9 Å². The van der Waals surface area contributed by atoms with E-state index in [2.05, 4.69) is 27.4 Å². The van der Waals surface area contributed by atoms with E-state index in [9.17, 15) is 9.59 Å². The highest BCUT2D eigenvalue weighted by Crippen LogP contribution is 2.49. The van der Waals surface area contributed by atoms with Crippen LogP contribution in [0.25, 0.3) is 0 Å². The molecule has 0 unspecified atom stereocenters. The van der Waals surface area contributed by atoms with Crippen LogP contribution in [0.1, 0.15) is 40.5 Å². The van der Waals surface area contributed by atoms with Gasteiger partial charge in [-0.2, -0.15) is 0 Å². The van der Waals surface area contributed by atoms with Gasteiger partial charge < -0.3 is 10.2 Å². The summed E-state index contributed by atoms with van der Waals surface area (Å²) in [6.45, 7) is 2.79. The van der Waals surface area contributed by atoms with Crippen LogP contribution in [0.3, 0.4) is 0 Å². The van der Waals surface area contributed by atoms with E-state index < -0.39 is 0 Å². The third-order valence-electron chi connectivity index (χ3n) is 4.95. The summed E-state index contributed by atoms with van der Waals surface area (Å²) in [5.74, 6) is 0.302. The number of hydrogen-bond donors (Lipinski definition) is 1. The van der Waals surface area contributed by atoms with Crippen LogP contribution >= 0.6 is 0 Å². The molecule has 6 nitrogen and oxygen atoms in total. The van der Waals surface area contributed by atoms with Crippen LogP contribution in [0.2, 0.25) is 0 Å². The van der Waals surface area contributed by atoms with Gasteiger partial charge in [-0.25, -0.2) is 4.98 Å². The Balaban J connectivity index is 1.63. The van der Waals surface area contributed by atoms with Gasteiger partial charge in [-0.05, 0) is 11.1 Å². The van der Waals surface area contributed by atoms with Gasteiger partial charge in [-0.15, -0.1) is 0 Å². The number of amides is 2. The number of fused-ring (bicyclic) bond motifs is 3. The van der Waals surface area contributed by atoms with Crippen LogP contribution in [0, 0.1) is 5.92 Å². The van der Waals surface area contributed by atoms with E-state index in [-0.39, 0.29) is 29.7 Å². The molecule has 24 heavy (non-hydrogen) atoms. The molecule has 122 valence electrons. The van der Waals surface area contributed by atoms with E-state index >= 15 is 0 Å². The number of benzene rings is 1. The number of aromatic nitrogens is 2. The van der Waals surface area contributed by atoms with Crippen LogP contribution < -0.4 is 5.32 Å². The zero-order chi connectivity index (χ0) is 16.7. The maximum atomic E-state index is 12.7.